The number of nitrogens with one attached hydrogen (secondary N) is 1. The summed E-state index contributed by atoms with van der Waals surface area (Å²) in [7, 11) is 0. The predicted octanol–water partition coefficient (Wildman–Crippen LogP) is 3.00. The Kier molecular flexibility index (Phi) is 5.06. The lowest BCUT2D eigenvalue weighted by Crippen LogP contribution is -2.41. The number of hydrogen-bond acceptors (Lipinski definition) is 5. The largest absolute Gasteiger partial charge is 0.366 e. The molecule has 1 atom stereocenters. The van der Waals surface area contributed by atoms with E-state index in [2.05, 4.69) is 20.2 Å². The van der Waals surface area contributed by atoms with Gasteiger partial charge in [-0.15, -0.1) is 0 Å². The summed E-state index contributed by atoms with van der Waals surface area (Å²) in [4.78, 5) is 22.2. The molecular formula is C20H18F3N5O. The van der Waals surface area contributed by atoms with E-state index in [1.165, 1.54) is 6.33 Å². The molecule has 0 aliphatic carbocycles. The number of carbonyl (C=O) groups is 1. The van der Waals surface area contributed by atoms with Crippen molar-refractivity contribution in [1.29, 1.82) is 0 Å². The molecule has 0 spiro atoms. The quantitative estimate of drug-likeness (QED) is 0.621. The first-order chi connectivity index (χ1) is 13.9. The number of nitrogens with zero attached hydrogens (tertiary/aromatic N) is 3. The Balaban J connectivity index is 1.75. The lowest BCUT2D eigenvalue weighted by Gasteiger charge is -2.35. The van der Waals surface area contributed by atoms with Gasteiger partial charge in [0, 0.05) is 11.9 Å². The molecule has 1 amide bonds. The number of benzene rings is 2. The number of nitrogens with two attached hydrogens (primary N) is 1. The van der Waals surface area contributed by atoms with E-state index in [1.54, 1.807) is 18.2 Å². The van der Waals surface area contributed by atoms with Crippen LogP contribution >= 0.6 is 0 Å². The number of rotatable bonds is 6. The molecule has 2 aromatic carbocycles. The van der Waals surface area contributed by atoms with Crippen LogP contribution in [0.2, 0.25) is 0 Å². The predicted molar refractivity (Wildman–Crippen MR) is 102 cm³/mol. The van der Waals surface area contributed by atoms with E-state index < -0.39 is 29.4 Å². The van der Waals surface area contributed by atoms with Gasteiger partial charge in [-0.1, -0.05) is 6.07 Å². The topological polar surface area (TPSA) is 84.1 Å². The summed E-state index contributed by atoms with van der Waals surface area (Å²) in [6.07, 6.45) is 2.32. The molecule has 3 aromatic rings. The molecule has 150 valence electrons. The van der Waals surface area contributed by atoms with Crippen molar-refractivity contribution in [3.8, 4) is 0 Å². The van der Waals surface area contributed by atoms with Gasteiger partial charge in [0.2, 0.25) is 0 Å². The highest BCUT2D eigenvalue weighted by atomic mass is 19.2. The minimum atomic E-state index is -1.50. The van der Waals surface area contributed by atoms with Gasteiger partial charge >= 0.3 is 0 Å². The van der Waals surface area contributed by atoms with Crippen LogP contribution in [0, 0.1) is 17.5 Å². The minimum absolute atomic E-state index is 0.242. The third-order valence-electron chi connectivity index (χ3n) is 5.04. The molecule has 1 saturated heterocycles. The number of para-hydroxylation sites is 1. The van der Waals surface area contributed by atoms with Crippen molar-refractivity contribution in [3.63, 3.8) is 0 Å². The Hall–Kier alpha value is -3.20. The van der Waals surface area contributed by atoms with Crippen LogP contribution in [0.1, 0.15) is 28.4 Å². The lowest BCUT2D eigenvalue weighted by molar-refractivity contribution is 0.100. The second-order valence-corrected chi connectivity index (χ2v) is 6.94. The first-order valence-corrected chi connectivity index (χ1v) is 9.11. The highest BCUT2D eigenvalue weighted by Crippen LogP contribution is 2.28. The van der Waals surface area contributed by atoms with Crippen molar-refractivity contribution in [2.24, 2.45) is 5.73 Å². The molecule has 29 heavy (non-hydrogen) atoms. The van der Waals surface area contributed by atoms with Crippen molar-refractivity contribution in [3.05, 3.63) is 65.2 Å². The monoisotopic (exact) mass is 401 g/mol. The van der Waals surface area contributed by atoms with Crippen LogP contribution in [-0.2, 0) is 0 Å². The van der Waals surface area contributed by atoms with E-state index in [4.69, 9.17) is 5.73 Å². The first-order valence-electron chi connectivity index (χ1n) is 9.11. The van der Waals surface area contributed by atoms with Crippen LogP contribution in [0.5, 0.6) is 0 Å². The average Bonchev–Trinajstić information content (AvgIpc) is 2.67. The van der Waals surface area contributed by atoms with Crippen LogP contribution < -0.4 is 11.1 Å². The van der Waals surface area contributed by atoms with Crippen LogP contribution in [-0.4, -0.2) is 40.4 Å². The number of fused-ring (bicyclic) bond motifs is 1. The maximum Gasteiger partial charge on any atom is 0.250 e. The van der Waals surface area contributed by atoms with Gasteiger partial charge in [0.1, 0.15) is 12.1 Å². The summed E-state index contributed by atoms with van der Waals surface area (Å²) in [5.41, 5.74) is 6.29. The maximum atomic E-state index is 13.8. The Bertz CT molecular complexity index is 1060. The fourth-order valence-electron chi connectivity index (χ4n) is 3.40. The molecule has 9 heteroatoms. The highest BCUT2D eigenvalue weighted by molar-refractivity contribution is 6.06. The molecule has 0 radical (unpaired) electrons. The Labute approximate surface area is 164 Å². The normalized spacial score (nSPS) is 15.1. The number of halogens is 3. The molecule has 6 nitrogen and oxygen atoms in total. The Morgan fingerprint density at radius 3 is 2.52 bits per heavy atom. The lowest BCUT2D eigenvalue weighted by atomic mass is 10.0. The van der Waals surface area contributed by atoms with Gasteiger partial charge in [0.05, 0.1) is 17.1 Å². The molecule has 1 fully saturated rings. The van der Waals surface area contributed by atoms with Gasteiger partial charge < -0.3 is 16.0 Å². The van der Waals surface area contributed by atoms with Crippen LogP contribution in [0.3, 0.4) is 0 Å². The van der Waals surface area contributed by atoms with Gasteiger partial charge in [-0.3, -0.25) is 4.79 Å². The highest BCUT2D eigenvalue weighted by Gasteiger charge is 2.24. The summed E-state index contributed by atoms with van der Waals surface area (Å²) >= 11 is 0. The molecule has 0 saturated carbocycles. The SMILES string of the molecule is NC(=O)c1cccc2c(NC(CN3CCC3)c3cc(F)c(F)c(F)c3)ncnc12. The summed E-state index contributed by atoms with van der Waals surface area (Å²) in [6, 6.07) is 6.33. The number of likely N-dealkylation sites (tertiary alicyclic amines) is 1. The first kappa shape index (κ1) is 19.1. The van der Waals surface area contributed by atoms with Crippen molar-refractivity contribution >= 4 is 22.6 Å². The number of amides is 1. The number of carbonyl (C=O) groups excluding carboxylic acids is 1. The zero-order valence-corrected chi connectivity index (χ0v) is 15.3. The van der Waals surface area contributed by atoms with Crippen LogP contribution in [0.25, 0.3) is 10.9 Å². The standard InChI is InChI=1S/C20H18F3N5O/c21-14-7-11(8-15(22)17(14)23)16(9-28-5-2-6-28)27-20-13-4-1-3-12(19(24)29)18(13)25-10-26-20/h1,3-4,7-8,10,16H,2,5-6,9H2,(H2,24,29)(H,25,26,27). The van der Waals surface area contributed by atoms with E-state index in [1.807, 2.05) is 0 Å². The number of primary amides is 1. The fourth-order valence-corrected chi connectivity index (χ4v) is 3.40. The van der Waals surface area contributed by atoms with Crippen molar-refractivity contribution in [2.45, 2.75) is 12.5 Å². The van der Waals surface area contributed by atoms with E-state index >= 15 is 0 Å². The van der Waals surface area contributed by atoms with Crippen molar-refractivity contribution in [2.75, 3.05) is 25.0 Å². The number of hydrogen-bond donors (Lipinski definition) is 2. The number of aromatic nitrogens is 2. The molecule has 1 aliphatic rings. The molecule has 1 aliphatic heterocycles. The van der Waals surface area contributed by atoms with Gasteiger partial charge in [-0.2, -0.15) is 0 Å². The second kappa shape index (κ2) is 7.67. The average molecular weight is 401 g/mol. The summed E-state index contributed by atoms with van der Waals surface area (Å²) in [6.45, 7) is 2.17. The van der Waals surface area contributed by atoms with Gasteiger partial charge in [0.25, 0.3) is 5.91 Å². The van der Waals surface area contributed by atoms with Crippen molar-refractivity contribution < 1.29 is 18.0 Å². The van der Waals surface area contributed by atoms with Crippen LogP contribution in [0.4, 0.5) is 19.0 Å². The van der Waals surface area contributed by atoms with Gasteiger partial charge in [-0.25, -0.2) is 23.1 Å². The van der Waals surface area contributed by atoms with E-state index in [9.17, 15) is 18.0 Å². The Morgan fingerprint density at radius 2 is 1.90 bits per heavy atom. The summed E-state index contributed by atoms with van der Waals surface area (Å²) in [5.74, 6) is -4.25. The maximum absolute atomic E-state index is 13.8. The van der Waals surface area contributed by atoms with E-state index in [-0.39, 0.29) is 11.1 Å². The van der Waals surface area contributed by atoms with Gasteiger partial charge in [-0.05, 0) is 49.3 Å². The molecule has 1 unspecified atom stereocenters. The van der Waals surface area contributed by atoms with Crippen molar-refractivity contribution in [1.82, 2.24) is 14.9 Å². The molecular weight excluding hydrogens is 383 g/mol. The third-order valence-corrected chi connectivity index (χ3v) is 5.04. The van der Waals surface area contributed by atoms with E-state index in [0.717, 1.165) is 31.6 Å². The number of anilines is 1. The molecule has 0 bridgehead atoms. The fraction of sp³-hybridized carbons (Fsp3) is 0.250. The molecule has 4 rings (SSSR count). The van der Waals surface area contributed by atoms with E-state index in [0.29, 0.717) is 23.3 Å². The summed E-state index contributed by atoms with van der Waals surface area (Å²) in [5, 5.41) is 3.72. The third kappa shape index (κ3) is 3.73. The zero-order valence-electron chi connectivity index (χ0n) is 15.3. The summed E-state index contributed by atoms with van der Waals surface area (Å²) < 4.78 is 41.1. The minimum Gasteiger partial charge on any atom is -0.366 e. The zero-order chi connectivity index (χ0) is 20.5. The molecule has 3 N–H and O–H groups in total. The second-order valence-electron chi connectivity index (χ2n) is 6.94. The molecule has 1 aromatic heterocycles. The van der Waals surface area contributed by atoms with Gasteiger partial charge in [0.15, 0.2) is 17.5 Å². The Morgan fingerprint density at radius 1 is 1.17 bits per heavy atom. The smallest absolute Gasteiger partial charge is 0.250 e. The van der Waals surface area contributed by atoms with Crippen LogP contribution in [0.15, 0.2) is 36.7 Å². The molecule has 2 heterocycles.